The molecule has 1 rings (SSSR count). The molecule has 1 aromatic rings. The van der Waals surface area contributed by atoms with E-state index in [0.29, 0.717) is 6.07 Å². The minimum Gasteiger partial charge on any atom is -0.380 e. The summed E-state index contributed by atoms with van der Waals surface area (Å²) in [7, 11) is 1.42. The lowest BCUT2D eigenvalue weighted by Gasteiger charge is -2.13. The minimum atomic E-state index is -4.83. The first kappa shape index (κ1) is 15.4. The van der Waals surface area contributed by atoms with Crippen LogP contribution in [-0.4, -0.2) is 25.7 Å². The Morgan fingerprint density at radius 1 is 1.42 bits per heavy atom. The smallest absolute Gasteiger partial charge is 0.380 e. The topological polar surface area (TPSA) is 38.3 Å². The Labute approximate surface area is 107 Å². The third-order valence-corrected chi connectivity index (χ3v) is 2.50. The third-order valence-electron chi connectivity index (χ3n) is 2.50. The Morgan fingerprint density at radius 2 is 2.05 bits per heavy atom. The predicted octanol–water partition coefficient (Wildman–Crippen LogP) is 2.61. The Kier molecular flexibility index (Phi) is 4.88. The van der Waals surface area contributed by atoms with Crippen LogP contribution in [0.5, 0.6) is 0 Å². The molecule has 0 radical (unpaired) electrons. The van der Waals surface area contributed by atoms with E-state index in [0.717, 1.165) is 12.1 Å². The van der Waals surface area contributed by atoms with E-state index in [2.05, 4.69) is 5.32 Å². The summed E-state index contributed by atoms with van der Waals surface area (Å²) in [5, 5.41) is 2.30. The Bertz CT molecular complexity index is 460. The summed E-state index contributed by atoms with van der Waals surface area (Å²) in [6, 6.07) is 2.57. The van der Waals surface area contributed by atoms with Gasteiger partial charge in [-0.15, -0.1) is 0 Å². The van der Waals surface area contributed by atoms with E-state index in [1.165, 1.54) is 7.11 Å². The summed E-state index contributed by atoms with van der Waals surface area (Å²) in [6.07, 6.45) is -5.15. The van der Waals surface area contributed by atoms with Crippen LogP contribution in [-0.2, 0) is 10.9 Å². The van der Waals surface area contributed by atoms with Gasteiger partial charge in [0.15, 0.2) is 0 Å². The van der Waals surface area contributed by atoms with E-state index in [-0.39, 0.29) is 12.6 Å². The quantitative estimate of drug-likeness (QED) is 0.860. The first-order valence-electron chi connectivity index (χ1n) is 5.44. The highest BCUT2D eigenvalue weighted by Crippen LogP contribution is 2.32. The van der Waals surface area contributed by atoms with Crippen molar-refractivity contribution in [2.75, 3.05) is 13.7 Å². The number of carbonyl (C=O) groups is 1. The van der Waals surface area contributed by atoms with Crippen molar-refractivity contribution in [3.8, 4) is 0 Å². The van der Waals surface area contributed by atoms with Crippen molar-refractivity contribution in [1.29, 1.82) is 0 Å². The molecular weight excluding hydrogens is 266 g/mol. The summed E-state index contributed by atoms with van der Waals surface area (Å²) in [5.74, 6) is -2.48. The Balaban J connectivity index is 2.93. The molecule has 0 saturated heterocycles. The number of hydrogen-bond acceptors (Lipinski definition) is 2. The molecule has 0 aromatic heterocycles. The zero-order chi connectivity index (χ0) is 14.6. The zero-order valence-corrected chi connectivity index (χ0v) is 10.3. The van der Waals surface area contributed by atoms with Crippen LogP contribution in [0.2, 0.25) is 0 Å². The SMILES string of the molecule is COC(C)CNC(=O)c1cccc(C(F)(F)F)c1F. The Hall–Kier alpha value is -1.63. The summed E-state index contributed by atoms with van der Waals surface area (Å²) >= 11 is 0. The fourth-order valence-corrected chi connectivity index (χ4v) is 1.34. The van der Waals surface area contributed by atoms with Crippen LogP contribution in [0.15, 0.2) is 18.2 Å². The van der Waals surface area contributed by atoms with E-state index in [1.807, 2.05) is 0 Å². The van der Waals surface area contributed by atoms with Crippen LogP contribution >= 0.6 is 0 Å². The monoisotopic (exact) mass is 279 g/mol. The van der Waals surface area contributed by atoms with Gasteiger partial charge < -0.3 is 10.1 Å². The van der Waals surface area contributed by atoms with Crippen molar-refractivity contribution in [2.24, 2.45) is 0 Å². The molecule has 1 amide bonds. The van der Waals surface area contributed by atoms with Gasteiger partial charge in [-0.2, -0.15) is 13.2 Å². The fraction of sp³-hybridized carbons (Fsp3) is 0.417. The van der Waals surface area contributed by atoms with Crippen molar-refractivity contribution in [3.63, 3.8) is 0 Å². The van der Waals surface area contributed by atoms with Crippen LogP contribution < -0.4 is 5.32 Å². The van der Waals surface area contributed by atoms with E-state index in [1.54, 1.807) is 6.92 Å². The molecule has 0 bridgehead atoms. The number of hydrogen-bond donors (Lipinski definition) is 1. The van der Waals surface area contributed by atoms with Crippen LogP contribution in [0.25, 0.3) is 0 Å². The number of benzene rings is 1. The van der Waals surface area contributed by atoms with E-state index in [9.17, 15) is 22.4 Å². The minimum absolute atomic E-state index is 0.0744. The highest BCUT2D eigenvalue weighted by Gasteiger charge is 2.35. The summed E-state index contributed by atoms with van der Waals surface area (Å²) in [5.41, 5.74) is -2.10. The molecule has 1 atom stereocenters. The van der Waals surface area contributed by atoms with Crippen LogP contribution in [0.4, 0.5) is 17.6 Å². The number of methoxy groups -OCH3 is 1. The van der Waals surface area contributed by atoms with Gasteiger partial charge in [0, 0.05) is 13.7 Å². The average molecular weight is 279 g/mol. The third kappa shape index (κ3) is 3.92. The molecular formula is C12H13F4NO2. The number of amides is 1. The molecule has 1 N–H and O–H groups in total. The molecule has 0 saturated carbocycles. The number of halogens is 4. The zero-order valence-electron chi connectivity index (χ0n) is 10.3. The lowest BCUT2D eigenvalue weighted by Crippen LogP contribution is -2.32. The van der Waals surface area contributed by atoms with Crippen molar-refractivity contribution >= 4 is 5.91 Å². The first-order chi connectivity index (χ1) is 8.77. The standard InChI is InChI=1S/C12H13F4NO2/c1-7(19-2)6-17-11(18)8-4-3-5-9(10(8)13)12(14,15)16/h3-5,7H,6H2,1-2H3,(H,17,18). The second-order valence-corrected chi connectivity index (χ2v) is 3.92. The van der Waals surface area contributed by atoms with Gasteiger partial charge in [-0.25, -0.2) is 4.39 Å². The van der Waals surface area contributed by atoms with Gasteiger partial charge in [0.05, 0.1) is 17.2 Å². The molecule has 3 nitrogen and oxygen atoms in total. The number of alkyl halides is 3. The van der Waals surface area contributed by atoms with Gasteiger partial charge in [-0.1, -0.05) is 6.07 Å². The fourth-order valence-electron chi connectivity index (χ4n) is 1.34. The van der Waals surface area contributed by atoms with Gasteiger partial charge in [0.25, 0.3) is 5.91 Å². The maximum atomic E-state index is 13.6. The lowest BCUT2D eigenvalue weighted by molar-refractivity contribution is -0.140. The van der Waals surface area contributed by atoms with Gasteiger partial charge in [-0.3, -0.25) is 4.79 Å². The molecule has 0 spiro atoms. The summed E-state index contributed by atoms with van der Waals surface area (Å²) in [4.78, 5) is 11.6. The molecule has 0 aliphatic carbocycles. The summed E-state index contributed by atoms with van der Waals surface area (Å²) in [6.45, 7) is 1.73. The van der Waals surface area contributed by atoms with Crippen molar-refractivity contribution in [1.82, 2.24) is 5.32 Å². The molecule has 7 heteroatoms. The van der Waals surface area contributed by atoms with Gasteiger partial charge in [0.2, 0.25) is 0 Å². The molecule has 0 aliphatic heterocycles. The van der Waals surface area contributed by atoms with E-state index >= 15 is 0 Å². The Morgan fingerprint density at radius 3 is 2.58 bits per heavy atom. The number of ether oxygens (including phenoxy) is 1. The largest absolute Gasteiger partial charge is 0.419 e. The van der Waals surface area contributed by atoms with Gasteiger partial charge in [0.1, 0.15) is 5.82 Å². The van der Waals surface area contributed by atoms with Crippen LogP contribution in [0.3, 0.4) is 0 Å². The maximum Gasteiger partial charge on any atom is 0.419 e. The van der Waals surface area contributed by atoms with Crippen LogP contribution in [0.1, 0.15) is 22.8 Å². The van der Waals surface area contributed by atoms with Crippen molar-refractivity contribution < 1.29 is 27.1 Å². The molecule has 106 valence electrons. The van der Waals surface area contributed by atoms with Crippen LogP contribution in [0, 0.1) is 5.82 Å². The first-order valence-corrected chi connectivity index (χ1v) is 5.44. The lowest BCUT2D eigenvalue weighted by atomic mass is 10.1. The molecule has 0 heterocycles. The molecule has 19 heavy (non-hydrogen) atoms. The molecule has 0 fully saturated rings. The number of rotatable bonds is 4. The van der Waals surface area contributed by atoms with E-state index < -0.39 is 29.0 Å². The second-order valence-electron chi connectivity index (χ2n) is 3.92. The second kappa shape index (κ2) is 6.01. The molecule has 1 aromatic carbocycles. The van der Waals surface area contributed by atoms with Gasteiger partial charge >= 0.3 is 6.18 Å². The van der Waals surface area contributed by atoms with E-state index in [4.69, 9.17) is 4.74 Å². The van der Waals surface area contributed by atoms with Crippen molar-refractivity contribution in [2.45, 2.75) is 19.2 Å². The highest BCUT2D eigenvalue weighted by molar-refractivity contribution is 5.94. The van der Waals surface area contributed by atoms with Crippen molar-refractivity contribution in [3.05, 3.63) is 35.1 Å². The average Bonchev–Trinajstić information content (AvgIpc) is 2.34. The molecule has 0 aliphatic rings. The highest BCUT2D eigenvalue weighted by atomic mass is 19.4. The normalized spacial score (nSPS) is 13.2. The number of nitrogens with one attached hydrogen (secondary N) is 1. The summed E-state index contributed by atoms with van der Waals surface area (Å²) < 4.78 is 55.9. The molecule has 1 unspecified atom stereocenters. The van der Waals surface area contributed by atoms with Gasteiger partial charge in [-0.05, 0) is 19.1 Å². The predicted molar refractivity (Wildman–Crippen MR) is 60.2 cm³/mol. The number of carbonyl (C=O) groups excluding carboxylic acids is 1. The maximum absolute atomic E-state index is 13.6.